The molecule has 0 unspecified atom stereocenters. The van der Waals surface area contributed by atoms with Gasteiger partial charge in [-0.25, -0.2) is 0 Å². The number of benzene rings is 1. The third-order valence-corrected chi connectivity index (χ3v) is 2.60. The molecule has 0 saturated heterocycles. The first-order valence-corrected chi connectivity index (χ1v) is 5.70. The average molecular weight is 231 g/mol. The molecule has 0 aliphatic heterocycles. The van der Waals surface area contributed by atoms with Crippen molar-refractivity contribution in [3.63, 3.8) is 0 Å². The normalized spacial score (nSPS) is 10.5. The molecule has 0 aliphatic carbocycles. The standard InChI is InChI=1S/C13H17N3O/c1-11-12(9-14)10-16(15-11)7-8-17-13-5-3-2-4-6-13/h2-6,10H,7-9,14H2,1H3. The summed E-state index contributed by atoms with van der Waals surface area (Å²) >= 11 is 0. The molecule has 0 saturated carbocycles. The predicted molar refractivity (Wildman–Crippen MR) is 66.8 cm³/mol. The molecule has 0 spiro atoms. The monoisotopic (exact) mass is 231 g/mol. The molecule has 2 aromatic rings. The Hall–Kier alpha value is -1.81. The van der Waals surface area contributed by atoms with E-state index in [1.807, 2.05) is 48.1 Å². The maximum atomic E-state index is 5.60. The number of rotatable bonds is 5. The summed E-state index contributed by atoms with van der Waals surface area (Å²) in [6.07, 6.45) is 1.98. The number of hydrogen-bond donors (Lipinski definition) is 1. The lowest BCUT2D eigenvalue weighted by atomic mass is 10.3. The zero-order valence-electron chi connectivity index (χ0n) is 9.97. The first kappa shape index (κ1) is 11.7. The van der Waals surface area contributed by atoms with Crippen LogP contribution in [-0.4, -0.2) is 16.4 Å². The van der Waals surface area contributed by atoms with Crippen LogP contribution in [0.5, 0.6) is 5.75 Å². The molecule has 1 aromatic heterocycles. The summed E-state index contributed by atoms with van der Waals surface area (Å²) < 4.78 is 7.48. The third kappa shape index (κ3) is 3.07. The molecule has 17 heavy (non-hydrogen) atoms. The molecule has 2 N–H and O–H groups in total. The molecule has 0 atom stereocenters. The van der Waals surface area contributed by atoms with Gasteiger partial charge in [-0.2, -0.15) is 5.10 Å². The van der Waals surface area contributed by atoms with Crippen LogP contribution in [0.2, 0.25) is 0 Å². The topological polar surface area (TPSA) is 53.1 Å². The van der Waals surface area contributed by atoms with Crippen LogP contribution in [-0.2, 0) is 13.1 Å². The van der Waals surface area contributed by atoms with E-state index in [0.717, 1.165) is 23.6 Å². The summed E-state index contributed by atoms with van der Waals surface area (Å²) in [6.45, 7) is 3.84. The van der Waals surface area contributed by atoms with Crippen molar-refractivity contribution in [1.82, 2.24) is 9.78 Å². The molecule has 0 fully saturated rings. The van der Waals surface area contributed by atoms with Gasteiger partial charge in [0.15, 0.2) is 0 Å². The number of nitrogens with zero attached hydrogens (tertiary/aromatic N) is 2. The van der Waals surface area contributed by atoms with Crippen molar-refractivity contribution in [3.05, 3.63) is 47.8 Å². The van der Waals surface area contributed by atoms with Gasteiger partial charge in [0.05, 0.1) is 12.2 Å². The lowest BCUT2D eigenvalue weighted by Gasteiger charge is -2.05. The second-order valence-electron chi connectivity index (χ2n) is 3.87. The van der Waals surface area contributed by atoms with E-state index in [2.05, 4.69) is 5.10 Å². The van der Waals surface area contributed by atoms with Crippen molar-refractivity contribution < 1.29 is 4.74 Å². The smallest absolute Gasteiger partial charge is 0.119 e. The second kappa shape index (κ2) is 5.50. The van der Waals surface area contributed by atoms with Gasteiger partial charge in [-0.3, -0.25) is 4.68 Å². The highest BCUT2D eigenvalue weighted by Crippen LogP contribution is 2.08. The lowest BCUT2D eigenvalue weighted by Crippen LogP contribution is -2.08. The summed E-state index contributed by atoms with van der Waals surface area (Å²) in [5.74, 6) is 0.885. The summed E-state index contributed by atoms with van der Waals surface area (Å²) in [7, 11) is 0. The zero-order chi connectivity index (χ0) is 12.1. The van der Waals surface area contributed by atoms with Crippen LogP contribution in [0.25, 0.3) is 0 Å². The van der Waals surface area contributed by atoms with Crippen molar-refractivity contribution >= 4 is 0 Å². The zero-order valence-corrected chi connectivity index (χ0v) is 9.97. The highest BCUT2D eigenvalue weighted by molar-refractivity contribution is 5.20. The quantitative estimate of drug-likeness (QED) is 0.852. The van der Waals surface area contributed by atoms with Crippen LogP contribution < -0.4 is 10.5 Å². The van der Waals surface area contributed by atoms with Gasteiger partial charge in [-0.15, -0.1) is 0 Å². The summed E-state index contributed by atoms with van der Waals surface area (Å²) in [5, 5.41) is 4.37. The van der Waals surface area contributed by atoms with Crippen molar-refractivity contribution in [2.24, 2.45) is 5.73 Å². The van der Waals surface area contributed by atoms with Gasteiger partial charge in [-0.1, -0.05) is 18.2 Å². The van der Waals surface area contributed by atoms with Crippen LogP contribution in [0.15, 0.2) is 36.5 Å². The molecule has 2 rings (SSSR count). The van der Waals surface area contributed by atoms with E-state index in [0.29, 0.717) is 13.2 Å². The van der Waals surface area contributed by atoms with Gasteiger partial charge in [0.1, 0.15) is 12.4 Å². The largest absolute Gasteiger partial charge is 0.492 e. The summed E-state index contributed by atoms with van der Waals surface area (Å²) in [4.78, 5) is 0. The first-order chi connectivity index (χ1) is 8.29. The number of aryl methyl sites for hydroxylation is 1. The highest BCUT2D eigenvalue weighted by atomic mass is 16.5. The van der Waals surface area contributed by atoms with Crippen LogP contribution in [0.3, 0.4) is 0 Å². The molecule has 4 nitrogen and oxygen atoms in total. The Bertz CT molecular complexity index is 465. The van der Waals surface area contributed by atoms with E-state index < -0.39 is 0 Å². The number of para-hydroxylation sites is 1. The maximum Gasteiger partial charge on any atom is 0.119 e. The van der Waals surface area contributed by atoms with E-state index in [9.17, 15) is 0 Å². The Balaban J connectivity index is 1.86. The second-order valence-corrected chi connectivity index (χ2v) is 3.87. The number of aromatic nitrogens is 2. The minimum Gasteiger partial charge on any atom is -0.492 e. The molecule has 0 radical (unpaired) electrons. The molecule has 90 valence electrons. The minimum absolute atomic E-state index is 0.533. The van der Waals surface area contributed by atoms with Gasteiger partial charge in [0, 0.05) is 18.3 Å². The summed E-state index contributed by atoms with van der Waals surface area (Å²) in [6, 6.07) is 9.77. The molecule has 1 heterocycles. The fourth-order valence-corrected chi connectivity index (χ4v) is 1.65. The molecule has 1 aromatic carbocycles. The van der Waals surface area contributed by atoms with E-state index >= 15 is 0 Å². The predicted octanol–water partition coefficient (Wildman–Crippen LogP) is 1.73. The van der Waals surface area contributed by atoms with E-state index in [1.54, 1.807) is 0 Å². The van der Waals surface area contributed by atoms with Crippen LogP contribution in [0, 0.1) is 6.92 Å². The van der Waals surface area contributed by atoms with Gasteiger partial charge in [0.25, 0.3) is 0 Å². The van der Waals surface area contributed by atoms with Gasteiger partial charge in [-0.05, 0) is 19.1 Å². The number of nitrogens with two attached hydrogens (primary N) is 1. The molecular weight excluding hydrogens is 214 g/mol. The van der Waals surface area contributed by atoms with Gasteiger partial charge >= 0.3 is 0 Å². The lowest BCUT2D eigenvalue weighted by molar-refractivity contribution is 0.291. The molecule has 4 heteroatoms. The Morgan fingerprint density at radius 2 is 2.06 bits per heavy atom. The van der Waals surface area contributed by atoms with Crippen molar-refractivity contribution in [3.8, 4) is 5.75 Å². The minimum atomic E-state index is 0.533. The SMILES string of the molecule is Cc1nn(CCOc2ccccc2)cc1CN. The van der Waals surface area contributed by atoms with Crippen LogP contribution in [0.4, 0.5) is 0 Å². The Morgan fingerprint density at radius 1 is 1.29 bits per heavy atom. The summed E-state index contributed by atoms with van der Waals surface area (Å²) in [5.41, 5.74) is 7.68. The Morgan fingerprint density at radius 3 is 2.71 bits per heavy atom. The fraction of sp³-hybridized carbons (Fsp3) is 0.308. The van der Waals surface area contributed by atoms with Crippen molar-refractivity contribution in [2.75, 3.05) is 6.61 Å². The molecular formula is C13H17N3O. The van der Waals surface area contributed by atoms with Crippen LogP contribution >= 0.6 is 0 Å². The number of ether oxygens (including phenoxy) is 1. The highest BCUT2D eigenvalue weighted by Gasteiger charge is 2.02. The van der Waals surface area contributed by atoms with Crippen molar-refractivity contribution in [2.45, 2.75) is 20.0 Å². The van der Waals surface area contributed by atoms with E-state index in [-0.39, 0.29) is 0 Å². The third-order valence-electron chi connectivity index (χ3n) is 2.60. The van der Waals surface area contributed by atoms with Gasteiger partial charge in [0.2, 0.25) is 0 Å². The molecule has 0 bridgehead atoms. The molecule has 0 aliphatic rings. The first-order valence-electron chi connectivity index (χ1n) is 5.70. The van der Waals surface area contributed by atoms with E-state index in [4.69, 9.17) is 10.5 Å². The Labute approximate surface area is 101 Å². The van der Waals surface area contributed by atoms with Crippen molar-refractivity contribution in [1.29, 1.82) is 0 Å². The Kier molecular flexibility index (Phi) is 3.77. The fourth-order valence-electron chi connectivity index (χ4n) is 1.65. The van der Waals surface area contributed by atoms with Gasteiger partial charge < -0.3 is 10.5 Å². The number of hydrogen-bond acceptors (Lipinski definition) is 3. The van der Waals surface area contributed by atoms with E-state index in [1.165, 1.54) is 0 Å². The average Bonchev–Trinajstić information content (AvgIpc) is 2.71. The maximum absolute atomic E-state index is 5.60. The molecule has 0 amide bonds. The van der Waals surface area contributed by atoms with Crippen LogP contribution in [0.1, 0.15) is 11.3 Å².